The monoisotopic (exact) mass is 350 g/mol. The Kier molecular flexibility index (Phi) is 8.83. The molecule has 1 saturated heterocycles. The number of amides is 1. The summed E-state index contributed by atoms with van der Waals surface area (Å²) in [5, 5.41) is 6.01. The van der Waals surface area contributed by atoms with Gasteiger partial charge in [-0.25, -0.2) is 8.78 Å². The van der Waals surface area contributed by atoms with E-state index in [1.165, 1.54) is 0 Å². The number of alkyl halides is 2. The van der Waals surface area contributed by atoms with Gasteiger partial charge >= 0.3 is 0 Å². The molecule has 1 heterocycles. The number of ether oxygens (including phenoxy) is 2. The maximum Gasteiger partial charge on any atom is 0.272 e. The molecule has 0 aliphatic carbocycles. The number of rotatable bonds is 7. The topological polar surface area (TPSA) is 59.6 Å². The predicted octanol–water partition coefficient (Wildman–Crippen LogP) is 1.75. The molecule has 130 valence electrons. The van der Waals surface area contributed by atoms with Crippen LogP contribution in [0.5, 0.6) is 5.75 Å². The first-order valence-corrected chi connectivity index (χ1v) is 7.21. The third-order valence-corrected chi connectivity index (χ3v) is 3.19. The summed E-state index contributed by atoms with van der Waals surface area (Å²) in [4.78, 5) is 11.8. The zero-order chi connectivity index (χ0) is 15.8. The molecule has 2 N–H and O–H groups in total. The van der Waals surface area contributed by atoms with E-state index in [4.69, 9.17) is 9.47 Å². The molecular weight excluding hydrogens is 330 g/mol. The Morgan fingerprint density at radius 1 is 1.48 bits per heavy atom. The zero-order valence-electron chi connectivity index (χ0n) is 12.6. The highest BCUT2D eigenvalue weighted by atomic mass is 35.5. The highest BCUT2D eigenvalue weighted by molar-refractivity contribution is 5.85. The smallest absolute Gasteiger partial charge is 0.272 e. The van der Waals surface area contributed by atoms with Crippen LogP contribution in [0.4, 0.5) is 8.78 Å². The molecular formula is C15H21ClF2N2O3. The van der Waals surface area contributed by atoms with Crippen LogP contribution in [0.3, 0.4) is 0 Å². The molecule has 8 heteroatoms. The fourth-order valence-electron chi connectivity index (χ4n) is 2.15. The highest BCUT2D eigenvalue weighted by Crippen LogP contribution is 2.14. The van der Waals surface area contributed by atoms with Crippen LogP contribution in [0, 0.1) is 0 Å². The van der Waals surface area contributed by atoms with E-state index in [2.05, 4.69) is 10.6 Å². The lowest BCUT2D eigenvalue weighted by Crippen LogP contribution is -2.44. The molecule has 1 aliphatic heterocycles. The van der Waals surface area contributed by atoms with Crippen molar-refractivity contribution in [1.29, 1.82) is 0 Å². The van der Waals surface area contributed by atoms with Crippen LogP contribution in [-0.2, 0) is 16.1 Å². The number of carbonyl (C=O) groups excluding carboxylic acids is 1. The van der Waals surface area contributed by atoms with Crippen LogP contribution >= 0.6 is 12.4 Å². The third-order valence-electron chi connectivity index (χ3n) is 3.19. The first-order chi connectivity index (χ1) is 10.6. The third kappa shape index (κ3) is 7.58. The molecule has 2 rings (SSSR count). The van der Waals surface area contributed by atoms with E-state index >= 15 is 0 Å². The zero-order valence-corrected chi connectivity index (χ0v) is 13.4. The van der Waals surface area contributed by atoms with E-state index < -0.39 is 13.0 Å². The molecule has 1 aromatic rings. The van der Waals surface area contributed by atoms with Gasteiger partial charge in [0.25, 0.3) is 6.43 Å². The summed E-state index contributed by atoms with van der Waals surface area (Å²) in [5.41, 5.74) is 0.799. The van der Waals surface area contributed by atoms with Crippen LogP contribution in [-0.4, -0.2) is 44.7 Å². The van der Waals surface area contributed by atoms with Gasteiger partial charge in [-0.3, -0.25) is 4.79 Å². The van der Waals surface area contributed by atoms with Gasteiger partial charge in [-0.05, 0) is 17.7 Å². The van der Waals surface area contributed by atoms with E-state index in [1.54, 1.807) is 24.3 Å². The maximum absolute atomic E-state index is 12.1. The molecule has 0 saturated carbocycles. The second-order valence-electron chi connectivity index (χ2n) is 5.06. The number of hydrogen-bond donors (Lipinski definition) is 2. The lowest BCUT2D eigenvalue weighted by Gasteiger charge is -2.23. The van der Waals surface area contributed by atoms with Gasteiger partial charge in [0.1, 0.15) is 12.4 Å². The Bertz CT molecular complexity index is 486. The van der Waals surface area contributed by atoms with E-state index in [0.29, 0.717) is 31.9 Å². The lowest BCUT2D eigenvalue weighted by molar-refractivity contribution is -0.122. The van der Waals surface area contributed by atoms with Gasteiger partial charge in [-0.2, -0.15) is 0 Å². The van der Waals surface area contributed by atoms with Gasteiger partial charge in [-0.15, -0.1) is 12.4 Å². The van der Waals surface area contributed by atoms with E-state index in [0.717, 1.165) is 12.1 Å². The van der Waals surface area contributed by atoms with Crippen LogP contribution in [0.1, 0.15) is 12.0 Å². The van der Waals surface area contributed by atoms with Crippen molar-refractivity contribution in [2.75, 3.05) is 26.4 Å². The summed E-state index contributed by atoms with van der Waals surface area (Å²) in [7, 11) is 0. The van der Waals surface area contributed by atoms with Crippen molar-refractivity contribution in [2.24, 2.45) is 0 Å². The van der Waals surface area contributed by atoms with Crippen LogP contribution in [0.25, 0.3) is 0 Å². The van der Waals surface area contributed by atoms with Crippen molar-refractivity contribution in [3.63, 3.8) is 0 Å². The highest BCUT2D eigenvalue weighted by Gasteiger charge is 2.16. The largest absolute Gasteiger partial charge is 0.488 e. The van der Waals surface area contributed by atoms with Gasteiger partial charge in [0.15, 0.2) is 0 Å². The SMILES string of the molecule is Cl.O=C(CC1COCCN1)NCc1cccc(OCC(F)F)c1. The summed E-state index contributed by atoms with van der Waals surface area (Å²) >= 11 is 0. The average Bonchev–Trinajstić information content (AvgIpc) is 2.52. The molecule has 0 aromatic heterocycles. The van der Waals surface area contributed by atoms with Crippen molar-refractivity contribution >= 4 is 18.3 Å². The maximum atomic E-state index is 12.1. The lowest BCUT2D eigenvalue weighted by atomic mass is 10.1. The molecule has 0 spiro atoms. The van der Waals surface area contributed by atoms with Crippen LogP contribution in [0.2, 0.25) is 0 Å². The predicted molar refractivity (Wildman–Crippen MR) is 84.3 cm³/mol. The van der Waals surface area contributed by atoms with Crippen molar-refractivity contribution in [3.05, 3.63) is 29.8 Å². The Morgan fingerprint density at radius 3 is 3.00 bits per heavy atom. The Morgan fingerprint density at radius 2 is 2.30 bits per heavy atom. The Balaban J connectivity index is 0.00000264. The number of nitrogens with one attached hydrogen (secondary N) is 2. The summed E-state index contributed by atoms with van der Waals surface area (Å²) in [5.74, 6) is 0.288. The first-order valence-electron chi connectivity index (χ1n) is 7.21. The molecule has 1 unspecified atom stereocenters. The van der Waals surface area contributed by atoms with Crippen molar-refractivity contribution < 1.29 is 23.0 Å². The average molecular weight is 351 g/mol. The standard InChI is InChI=1S/C15H20F2N2O3.ClH/c16-14(17)10-22-13-3-1-2-11(6-13)8-19-15(20)7-12-9-21-5-4-18-12;/h1-3,6,12,14,18H,4-5,7-10H2,(H,19,20);1H. The molecule has 1 atom stereocenters. The molecule has 5 nitrogen and oxygen atoms in total. The minimum absolute atomic E-state index is 0. The molecule has 0 radical (unpaired) electrons. The van der Waals surface area contributed by atoms with Gasteiger partial charge in [0.05, 0.1) is 13.2 Å². The van der Waals surface area contributed by atoms with Gasteiger partial charge in [-0.1, -0.05) is 12.1 Å². The molecule has 1 aliphatic rings. The number of benzene rings is 1. The van der Waals surface area contributed by atoms with E-state index in [-0.39, 0.29) is 24.4 Å². The number of carbonyl (C=O) groups is 1. The Hall–Kier alpha value is -1.44. The van der Waals surface area contributed by atoms with Gasteiger partial charge < -0.3 is 20.1 Å². The number of morpholine rings is 1. The molecule has 23 heavy (non-hydrogen) atoms. The minimum atomic E-state index is -2.51. The minimum Gasteiger partial charge on any atom is -0.488 e. The molecule has 1 amide bonds. The fraction of sp³-hybridized carbons (Fsp3) is 0.533. The number of halogens is 3. The second-order valence-corrected chi connectivity index (χ2v) is 5.06. The molecule has 0 bridgehead atoms. The summed E-state index contributed by atoms with van der Waals surface area (Å²) in [6, 6.07) is 6.80. The quantitative estimate of drug-likeness (QED) is 0.786. The van der Waals surface area contributed by atoms with Gasteiger partial charge in [0, 0.05) is 25.6 Å². The van der Waals surface area contributed by atoms with Crippen LogP contribution in [0.15, 0.2) is 24.3 Å². The van der Waals surface area contributed by atoms with Crippen molar-refractivity contribution in [2.45, 2.75) is 25.4 Å². The van der Waals surface area contributed by atoms with E-state index in [9.17, 15) is 13.6 Å². The molecule has 1 fully saturated rings. The normalized spacial score (nSPS) is 17.4. The fourth-order valence-corrected chi connectivity index (χ4v) is 2.15. The summed E-state index contributed by atoms with van der Waals surface area (Å²) in [6.45, 7) is 1.65. The van der Waals surface area contributed by atoms with Crippen molar-refractivity contribution in [3.8, 4) is 5.75 Å². The molecule has 1 aromatic carbocycles. The first kappa shape index (κ1) is 19.6. The van der Waals surface area contributed by atoms with Gasteiger partial charge in [0.2, 0.25) is 5.91 Å². The Labute approximate surface area is 140 Å². The summed E-state index contributed by atoms with van der Waals surface area (Å²) < 4.78 is 34.4. The second kappa shape index (κ2) is 10.4. The van der Waals surface area contributed by atoms with E-state index in [1.807, 2.05) is 0 Å². The summed E-state index contributed by atoms with van der Waals surface area (Å²) in [6.07, 6.45) is -2.16. The van der Waals surface area contributed by atoms with Crippen molar-refractivity contribution in [1.82, 2.24) is 10.6 Å². The number of hydrogen-bond acceptors (Lipinski definition) is 4. The van der Waals surface area contributed by atoms with Crippen LogP contribution < -0.4 is 15.4 Å².